The lowest BCUT2D eigenvalue weighted by molar-refractivity contribution is -0.0838. The van der Waals surface area contributed by atoms with E-state index < -0.39 is 0 Å². The maximum atomic E-state index is 6.14. The molecule has 21 heavy (non-hydrogen) atoms. The molecule has 5 nitrogen and oxygen atoms in total. The highest BCUT2D eigenvalue weighted by Gasteiger charge is 2.39. The Hall–Kier alpha value is -1.20. The van der Waals surface area contributed by atoms with Crippen LogP contribution in [0.3, 0.4) is 0 Å². The third kappa shape index (κ3) is 3.71. The monoisotopic (exact) mass is 293 g/mol. The van der Waals surface area contributed by atoms with E-state index in [1.807, 2.05) is 20.0 Å². The predicted octanol–water partition coefficient (Wildman–Crippen LogP) is 3.11. The molecule has 0 aliphatic heterocycles. The standard InChI is InChI=1S/C16H27N3O2/c1-5-21-16(8-6-12(2)7-9-16)15-18-13(11-20-4)10-14(17-3)19-15/h10,12H,5-9,11H2,1-4H3,(H,17,18,19). The molecule has 0 saturated heterocycles. The first kappa shape index (κ1) is 16.2. The van der Waals surface area contributed by atoms with Crippen molar-refractivity contribution in [2.45, 2.75) is 51.7 Å². The molecule has 1 N–H and O–H groups in total. The molecule has 1 fully saturated rings. The van der Waals surface area contributed by atoms with Gasteiger partial charge in [0.2, 0.25) is 0 Å². The Labute approximate surface area is 127 Å². The first-order valence-corrected chi connectivity index (χ1v) is 7.82. The molecular weight excluding hydrogens is 266 g/mol. The van der Waals surface area contributed by atoms with Gasteiger partial charge in [0.15, 0.2) is 5.82 Å². The number of rotatable bonds is 6. The first-order chi connectivity index (χ1) is 10.1. The normalized spacial score (nSPS) is 25.8. The van der Waals surface area contributed by atoms with Crippen LogP contribution in [0.25, 0.3) is 0 Å². The number of anilines is 1. The van der Waals surface area contributed by atoms with Gasteiger partial charge in [-0.1, -0.05) is 6.92 Å². The molecule has 2 rings (SSSR count). The second kappa shape index (κ2) is 7.18. The van der Waals surface area contributed by atoms with Crippen LogP contribution < -0.4 is 5.32 Å². The van der Waals surface area contributed by atoms with Crippen LogP contribution in [0.5, 0.6) is 0 Å². The van der Waals surface area contributed by atoms with Gasteiger partial charge in [-0.05, 0) is 38.5 Å². The van der Waals surface area contributed by atoms with Gasteiger partial charge in [0.25, 0.3) is 0 Å². The summed E-state index contributed by atoms with van der Waals surface area (Å²) in [4.78, 5) is 9.38. The van der Waals surface area contributed by atoms with Crippen molar-refractivity contribution in [3.8, 4) is 0 Å². The first-order valence-electron chi connectivity index (χ1n) is 7.82. The summed E-state index contributed by atoms with van der Waals surface area (Å²) in [5.74, 6) is 2.38. The molecule has 1 saturated carbocycles. The molecule has 0 spiro atoms. The van der Waals surface area contributed by atoms with Gasteiger partial charge in [0, 0.05) is 26.8 Å². The van der Waals surface area contributed by atoms with Gasteiger partial charge in [0.1, 0.15) is 11.4 Å². The fraction of sp³-hybridized carbons (Fsp3) is 0.750. The van der Waals surface area contributed by atoms with Crippen LogP contribution in [0.2, 0.25) is 0 Å². The van der Waals surface area contributed by atoms with E-state index in [0.717, 1.165) is 48.9 Å². The average molecular weight is 293 g/mol. The van der Waals surface area contributed by atoms with Crippen LogP contribution >= 0.6 is 0 Å². The Kier molecular flexibility index (Phi) is 5.53. The van der Waals surface area contributed by atoms with E-state index in [0.29, 0.717) is 13.2 Å². The van der Waals surface area contributed by atoms with Crippen LogP contribution in [0.15, 0.2) is 6.07 Å². The van der Waals surface area contributed by atoms with Crippen molar-refractivity contribution in [2.24, 2.45) is 5.92 Å². The van der Waals surface area contributed by atoms with Gasteiger partial charge in [-0.15, -0.1) is 0 Å². The van der Waals surface area contributed by atoms with Crippen molar-refractivity contribution in [1.82, 2.24) is 9.97 Å². The number of nitrogens with one attached hydrogen (secondary N) is 1. The zero-order chi connectivity index (χ0) is 15.3. The average Bonchev–Trinajstić information content (AvgIpc) is 2.50. The number of methoxy groups -OCH3 is 1. The van der Waals surface area contributed by atoms with Crippen LogP contribution in [0, 0.1) is 5.92 Å². The topological polar surface area (TPSA) is 56.3 Å². The molecular formula is C16H27N3O2. The molecule has 0 atom stereocenters. The minimum Gasteiger partial charge on any atom is -0.378 e. The van der Waals surface area contributed by atoms with Gasteiger partial charge in [-0.3, -0.25) is 0 Å². The van der Waals surface area contributed by atoms with Gasteiger partial charge >= 0.3 is 0 Å². The molecule has 0 unspecified atom stereocenters. The van der Waals surface area contributed by atoms with Crippen LogP contribution in [0.4, 0.5) is 5.82 Å². The fourth-order valence-corrected chi connectivity index (χ4v) is 2.99. The molecule has 0 amide bonds. The van der Waals surface area contributed by atoms with Crippen LogP contribution in [-0.2, 0) is 21.7 Å². The highest BCUT2D eigenvalue weighted by atomic mass is 16.5. The summed E-state index contributed by atoms with van der Waals surface area (Å²) in [7, 11) is 3.56. The van der Waals surface area contributed by atoms with Gasteiger partial charge < -0.3 is 14.8 Å². The van der Waals surface area contributed by atoms with E-state index >= 15 is 0 Å². The van der Waals surface area contributed by atoms with Crippen molar-refractivity contribution >= 4 is 5.82 Å². The molecule has 0 bridgehead atoms. The molecule has 5 heteroatoms. The van der Waals surface area contributed by atoms with E-state index in [9.17, 15) is 0 Å². The van der Waals surface area contributed by atoms with Gasteiger partial charge in [-0.2, -0.15) is 0 Å². The third-order valence-electron chi connectivity index (χ3n) is 4.24. The minimum atomic E-state index is -0.337. The summed E-state index contributed by atoms with van der Waals surface area (Å²) < 4.78 is 11.4. The molecule has 1 heterocycles. The zero-order valence-electron chi connectivity index (χ0n) is 13.6. The Bertz CT molecular complexity index is 457. The van der Waals surface area contributed by atoms with Crippen LogP contribution in [-0.4, -0.2) is 30.7 Å². The minimum absolute atomic E-state index is 0.337. The molecule has 1 aliphatic rings. The molecule has 1 aliphatic carbocycles. The zero-order valence-corrected chi connectivity index (χ0v) is 13.6. The number of hydrogen-bond donors (Lipinski definition) is 1. The summed E-state index contributed by atoms with van der Waals surface area (Å²) in [5, 5.41) is 3.11. The molecule has 0 radical (unpaired) electrons. The Morgan fingerprint density at radius 3 is 2.62 bits per heavy atom. The third-order valence-corrected chi connectivity index (χ3v) is 4.24. The van der Waals surface area contributed by atoms with E-state index in [-0.39, 0.29) is 5.60 Å². The Morgan fingerprint density at radius 2 is 2.05 bits per heavy atom. The highest BCUT2D eigenvalue weighted by molar-refractivity contribution is 5.36. The second-order valence-corrected chi connectivity index (χ2v) is 5.86. The van der Waals surface area contributed by atoms with E-state index in [4.69, 9.17) is 14.5 Å². The van der Waals surface area contributed by atoms with Gasteiger partial charge in [0.05, 0.1) is 12.3 Å². The number of aromatic nitrogens is 2. The van der Waals surface area contributed by atoms with Crippen LogP contribution in [0.1, 0.15) is 51.0 Å². The highest BCUT2D eigenvalue weighted by Crippen LogP contribution is 2.41. The maximum absolute atomic E-state index is 6.14. The summed E-state index contributed by atoms with van der Waals surface area (Å²) in [6.07, 6.45) is 4.29. The predicted molar refractivity (Wildman–Crippen MR) is 83.2 cm³/mol. The summed E-state index contributed by atoms with van der Waals surface area (Å²) in [6, 6.07) is 1.93. The second-order valence-electron chi connectivity index (χ2n) is 5.86. The van der Waals surface area contributed by atoms with E-state index in [1.54, 1.807) is 7.11 Å². The molecule has 1 aromatic heterocycles. The molecule has 118 valence electrons. The summed E-state index contributed by atoms with van der Waals surface area (Å²) >= 11 is 0. The van der Waals surface area contributed by atoms with Crippen molar-refractivity contribution in [3.63, 3.8) is 0 Å². The number of hydrogen-bond acceptors (Lipinski definition) is 5. The van der Waals surface area contributed by atoms with Crippen molar-refractivity contribution in [1.29, 1.82) is 0 Å². The Morgan fingerprint density at radius 1 is 1.33 bits per heavy atom. The van der Waals surface area contributed by atoms with E-state index in [1.165, 1.54) is 0 Å². The summed E-state index contributed by atoms with van der Waals surface area (Å²) in [5.41, 5.74) is 0.556. The molecule has 1 aromatic rings. The maximum Gasteiger partial charge on any atom is 0.162 e. The fourth-order valence-electron chi connectivity index (χ4n) is 2.99. The van der Waals surface area contributed by atoms with Crippen molar-refractivity contribution in [2.75, 3.05) is 26.1 Å². The molecule has 0 aromatic carbocycles. The lowest BCUT2D eigenvalue weighted by Crippen LogP contribution is -2.36. The SMILES string of the molecule is CCOC1(c2nc(COC)cc(NC)n2)CCC(C)CC1. The van der Waals surface area contributed by atoms with Crippen molar-refractivity contribution < 1.29 is 9.47 Å². The van der Waals surface area contributed by atoms with E-state index in [2.05, 4.69) is 17.2 Å². The largest absolute Gasteiger partial charge is 0.378 e. The lowest BCUT2D eigenvalue weighted by Gasteiger charge is -2.38. The quantitative estimate of drug-likeness (QED) is 0.873. The van der Waals surface area contributed by atoms with Crippen molar-refractivity contribution in [3.05, 3.63) is 17.6 Å². The number of nitrogens with zero attached hydrogens (tertiary/aromatic N) is 2. The smallest absolute Gasteiger partial charge is 0.162 e. The number of ether oxygens (including phenoxy) is 2. The lowest BCUT2D eigenvalue weighted by atomic mass is 9.78. The van der Waals surface area contributed by atoms with Gasteiger partial charge in [-0.25, -0.2) is 9.97 Å². The Balaban J connectivity index is 2.36. The summed E-state index contributed by atoms with van der Waals surface area (Å²) in [6.45, 7) is 5.51.